The molecular weight excluding hydrogens is 669 g/mol. The molecule has 3 aliphatic heterocycles. The minimum absolute atomic E-state index is 0.105. The molecule has 2 fully saturated rings. The molecule has 1 aliphatic carbocycles. The Morgan fingerprint density at radius 2 is 1.87 bits per heavy atom. The van der Waals surface area contributed by atoms with Crippen molar-refractivity contribution in [2.45, 2.75) is 90.0 Å². The predicted molar refractivity (Wildman–Crippen MR) is 202 cm³/mol. The first-order valence-electron chi connectivity index (χ1n) is 19.1. The van der Waals surface area contributed by atoms with Crippen LogP contribution in [-0.4, -0.2) is 72.4 Å². The number of aromatic nitrogens is 7. The van der Waals surface area contributed by atoms with E-state index in [0.29, 0.717) is 6.61 Å². The lowest BCUT2D eigenvalue weighted by molar-refractivity contribution is -0.0368. The molecule has 13 heteroatoms. The summed E-state index contributed by atoms with van der Waals surface area (Å²) in [5.41, 5.74) is 7.37. The second-order valence-corrected chi connectivity index (χ2v) is 16.1. The van der Waals surface area contributed by atoms with Crippen LogP contribution in [0, 0.1) is 5.41 Å². The summed E-state index contributed by atoms with van der Waals surface area (Å²) in [5.74, 6) is 1.63. The second-order valence-electron chi connectivity index (χ2n) is 16.1. The van der Waals surface area contributed by atoms with Gasteiger partial charge < -0.3 is 24.6 Å². The van der Waals surface area contributed by atoms with Gasteiger partial charge in [-0.1, -0.05) is 24.3 Å². The molecule has 4 aliphatic rings. The van der Waals surface area contributed by atoms with E-state index in [0.717, 1.165) is 116 Å². The van der Waals surface area contributed by atoms with Crippen LogP contribution in [0.25, 0.3) is 22.4 Å². The monoisotopic (exact) mass is 716 g/mol. The van der Waals surface area contributed by atoms with Crippen LogP contribution in [0.15, 0.2) is 55.0 Å². The van der Waals surface area contributed by atoms with Crippen LogP contribution >= 0.6 is 0 Å². The van der Waals surface area contributed by atoms with Crippen LogP contribution in [0.1, 0.15) is 88.4 Å². The molecular formula is C40H48N10O3. The molecule has 5 aromatic rings. The lowest BCUT2D eigenvalue weighted by Gasteiger charge is -2.43. The van der Waals surface area contributed by atoms with Gasteiger partial charge in [-0.2, -0.15) is 5.10 Å². The Morgan fingerprint density at radius 3 is 2.64 bits per heavy atom. The van der Waals surface area contributed by atoms with E-state index < -0.39 is 5.60 Å². The zero-order valence-corrected chi connectivity index (χ0v) is 31.1. The van der Waals surface area contributed by atoms with Crippen LogP contribution < -0.4 is 15.1 Å². The van der Waals surface area contributed by atoms with Crippen molar-refractivity contribution < 1.29 is 14.3 Å². The molecule has 0 saturated carbocycles. The predicted octanol–water partition coefficient (Wildman–Crippen LogP) is 6.81. The van der Waals surface area contributed by atoms with Gasteiger partial charge in [-0.3, -0.25) is 9.67 Å². The summed E-state index contributed by atoms with van der Waals surface area (Å²) in [6.07, 6.45) is 12.8. The number of ether oxygens (including phenoxy) is 2. The third-order valence-corrected chi connectivity index (χ3v) is 11.4. The average molecular weight is 717 g/mol. The number of piperidine rings is 1. The Bertz CT molecular complexity index is 2160. The molecule has 276 valence electrons. The van der Waals surface area contributed by atoms with Crippen LogP contribution in [0.2, 0.25) is 0 Å². The molecule has 4 aromatic heterocycles. The van der Waals surface area contributed by atoms with Gasteiger partial charge in [-0.25, -0.2) is 19.4 Å². The first-order valence-corrected chi connectivity index (χ1v) is 19.1. The normalized spacial score (nSPS) is 21.1. The highest BCUT2D eigenvalue weighted by Crippen LogP contribution is 2.52. The molecule has 1 aromatic carbocycles. The number of rotatable bonds is 5. The molecule has 13 nitrogen and oxygen atoms in total. The number of aryl methyl sites for hydroxylation is 2. The highest BCUT2D eigenvalue weighted by atomic mass is 16.6. The number of benzene rings is 1. The van der Waals surface area contributed by atoms with Crippen LogP contribution in [0.4, 0.5) is 22.1 Å². The van der Waals surface area contributed by atoms with Crippen molar-refractivity contribution in [2.75, 3.05) is 36.0 Å². The minimum atomic E-state index is -0.566. The van der Waals surface area contributed by atoms with Crippen LogP contribution in [0.5, 0.6) is 0 Å². The first kappa shape index (κ1) is 33.8. The molecule has 7 heterocycles. The van der Waals surface area contributed by atoms with Crippen molar-refractivity contribution in [2.24, 2.45) is 12.5 Å². The van der Waals surface area contributed by atoms with Gasteiger partial charge in [-0.15, -0.1) is 5.10 Å². The third-order valence-electron chi connectivity index (χ3n) is 11.4. The van der Waals surface area contributed by atoms with Gasteiger partial charge in [0.1, 0.15) is 11.4 Å². The van der Waals surface area contributed by atoms with E-state index in [1.54, 1.807) is 4.68 Å². The molecule has 0 radical (unpaired) electrons. The van der Waals surface area contributed by atoms with E-state index in [1.165, 1.54) is 11.1 Å². The lowest BCUT2D eigenvalue weighted by Crippen LogP contribution is -2.48. The standard InChI is InChI=1S/C40H48N10O3/c1-39(2,3)53-38(51)45-35-28-11-6-5-10-26(28)22-40(35)16-19-48(20-17-40)32-24-41-34-36(44-32)50(33-13-7-8-21-52-33)46-37(34)49-18-9-12-30-31(49)15-14-29(43-30)27-23-42-47(4)25-27/h5-6,10-11,14-15,23-25,33,35H,7-9,12-13,16-22H2,1-4H3,(H,45,51)/t33?,35-/m1/s1. The van der Waals surface area contributed by atoms with Crippen molar-refractivity contribution in [3.63, 3.8) is 0 Å². The van der Waals surface area contributed by atoms with Crippen LogP contribution in [-0.2, 0) is 29.4 Å². The van der Waals surface area contributed by atoms with Crippen molar-refractivity contribution in [1.29, 1.82) is 0 Å². The molecule has 0 bridgehead atoms. The molecule has 2 atom stereocenters. The number of hydrogen-bond acceptors (Lipinski definition) is 10. The zero-order chi connectivity index (χ0) is 36.3. The number of hydrogen-bond donors (Lipinski definition) is 1. The number of fused-ring (bicyclic) bond motifs is 3. The van der Waals surface area contributed by atoms with E-state index in [1.807, 2.05) is 51.1 Å². The van der Waals surface area contributed by atoms with Crippen molar-refractivity contribution in [1.82, 2.24) is 39.8 Å². The first-order chi connectivity index (χ1) is 25.6. The fourth-order valence-corrected chi connectivity index (χ4v) is 8.81. The van der Waals surface area contributed by atoms with Gasteiger partial charge in [0.05, 0.1) is 35.5 Å². The van der Waals surface area contributed by atoms with Gasteiger partial charge in [-0.05, 0) is 95.4 Å². The SMILES string of the molecule is Cn1cc(-c2ccc3c(n2)CCCN3c2nn(C3CCCCO3)c3nc(N4CCC5(CC4)Cc4ccccc4[C@H]5NC(=O)OC(C)(C)C)cnc23)cn1. The maximum atomic E-state index is 13.1. The third kappa shape index (κ3) is 6.28. The number of alkyl carbamates (subject to hydrolysis) is 1. The summed E-state index contributed by atoms with van der Waals surface area (Å²) < 4.78 is 15.8. The highest BCUT2D eigenvalue weighted by Gasteiger charge is 2.49. The van der Waals surface area contributed by atoms with Gasteiger partial charge >= 0.3 is 6.09 Å². The number of carbonyl (C=O) groups is 1. The summed E-state index contributed by atoms with van der Waals surface area (Å²) in [5, 5.41) is 12.9. The Labute approximate surface area is 309 Å². The summed E-state index contributed by atoms with van der Waals surface area (Å²) in [4.78, 5) is 33.2. The van der Waals surface area contributed by atoms with Crippen molar-refractivity contribution >= 4 is 34.6 Å². The van der Waals surface area contributed by atoms with Gasteiger partial charge in [0.2, 0.25) is 0 Å². The topological polar surface area (TPSA) is 128 Å². The average Bonchev–Trinajstić information content (AvgIpc) is 3.85. The van der Waals surface area contributed by atoms with E-state index in [-0.39, 0.29) is 23.8 Å². The smallest absolute Gasteiger partial charge is 0.408 e. The van der Waals surface area contributed by atoms with E-state index in [4.69, 9.17) is 29.5 Å². The number of pyridine rings is 1. The second kappa shape index (κ2) is 13.1. The molecule has 1 N–H and O–H groups in total. The number of anilines is 3. The van der Waals surface area contributed by atoms with E-state index in [9.17, 15) is 4.79 Å². The largest absolute Gasteiger partial charge is 0.444 e. The Kier molecular flexibility index (Phi) is 8.36. The maximum Gasteiger partial charge on any atom is 0.408 e. The minimum Gasteiger partial charge on any atom is -0.444 e. The highest BCUT2D eigenvalue weighted by molar-refractivity contribution is 5.88. The van der Waals surface area contributed by atoms with Crippen molar-refractivity contribution in [3.8, 4) is 11.3 Å². The Balaban J connectivity index is 1.01. The summed E-state index contributed by atoms with van der Waals surface area (Å²) in [6, 6.07) is 12.6. The van der Waals surface area contributed by atoms with E-state index in [2.05, 4.69) is 56.6 Å². The van der Waals surface area contributed by atoms with Gasteiger partial charge in [0.25, 0.3) is 0 Å². The summed E-state index contributed by atoms with van der Waals surface area (Å²) in [6.45, 7) is 8.82. The molecule has 1 amide bonds. The summed E-state index contributed by atoms with van der Waals surface area (Å²) in [7, 11) is 1.92. The lowest BCUT2D eigenvalue weighted by atomic mass is 9.72. The number of nitrogens with zero attached hydrogens (tertiary/aromatic N) is 9. The van der Waals surface area contributed by atoms with Gasteiger partial charge in [0.15, 0.2) is 23.2 Å². The number of nitrogens with one attached hydrogen (secondary N) is 1. The Morgan fingerprint density at radius 1 is 1.02 bits per heavy atom. The summed E-state index contributed by atoms with van der Waals surface area (Å²) >= 11 is 0. The number of amides is 1. The van der Waals surface area contributed by atoms with E-state index >= 15 is 0 Å². The molecule has 1 unspecified atom stereocenters. The van der Waals surface area contributed by atoms with Crippen molar-refractivity contribution in [3.05, 3.63) is 71.8 Å². The maximum absolute atomic E-state index is 13.1. The van der Waals surface area contributed by atoms with Gasteiger partial charge in [0, 0.05) is 50.5 Å². The molecule has 2 saturated heterocycles. The number of carbonyl (C=O) groups excluding carboxylic acids is 1. The molecule has 1 spiro atoms. The Hall–Kier alpha value is -5.04. The fourth-order valence-electron chi connectivity index (χ4n) is 8.81. The molecule has 9 rings (SSSR count). The zero-order valence-electron chi connectivity index (χ0n) is 31.1. The quantitative estimate of drug-likeness (QED) is 0.207. The van der Waals surface area contributed by atoms with Crippen LogP contribution in [0.3, 0.4) is 0 Å². The fraction of sp³-hybridized carbons (Fsp3) is 0.500. The molecule has 53 heavy (non-hydrogen) atoms.